The highest BCUT2D eigenvalue weighted by molar-refractivity contribution is 14.1. The fourth-order valence-electron chi connectivity index (χ4n) is 2.14. The first-order chi connectivity index (χ1) is 11.7. The van der Waals surface area contributed by atoms with Crippen LogP contribution in [0.4, 0.5) is 0 Å². The number of halogens is 1. The minimum Gasteiger partial charge on any atom is -0.348 e. The van der Waals surface area contributed by atoms with Crippen LogP contribution in [-0.2, 0) is 16.6 Å². The lowest BCUT2D eigenvalue weighted by atomic mass is 10.2. The van der Waals surface area contributed by atoms with Crippen molar-refractivity contribution < 1.29 is 13.2 Å². The number of hydrogen-bond acceptors (Lipinski definition) is 3. The predicted molar refractivity (Wildman–Crippen MR) is 107 cm³/mol. The maximum absolute atomic E-state index is 12.4. The highest BCUT2D eigenvalue weighted by Gasteiger charge is 2.22. The highest BCUT2D eigenvalue weighted by atomic mass is 127. The second-order valence-electron chi connectivity index (χ2n) is 5.95. The molecule has 0 saturated heterocycles. The third kappa shape index (κ3) is 5.02. The molecule has 134 valence electrons. The molecule has 0 fully saturated rings. The molecule has 0 aliphatic rings. The monoisotopic (exact) mass is 472 g/mol. The van der Waals surface area contributed by atoms with Gasteiger partial charge in [0, 0.05) is 28.8 Å². The molecule has 0 spiro atoms. The molecule has 0 saturated carbocycles. The lowest BCUT2D eigenvalue weighted by Crippen LogP contribution is -2.33. The second kappa shape index (κ2) is 8.29. The van der Waals surface area contributed by atoms with E-state index in [9.17, 15) is 13.2 Å². The quantitative estimate of drug-likeness (QED) is 0.657. The molecule has 0 aliphatic heterocycles. The molecule has 1 N–H and O–H groups in total. The smallest absolute Gasteiger partial charge is 0.251 e. The Morgan fingerprint density at radius 1 is 1.16 bits per heavy atom. The lowest BCUT2D eigenvalue weighted by Gasteiger charge is -2.21. The van der Waals surface area contributed by atoms with Crippen molar-refractivity contribution in [2.75, 3.05) is 7.05 Å². The van der Waals surface area contributed by atoms with Gasteiger partial charge < -0.3 is 5.32 Å². The summed E-state index contributed by atoms with van der Waals surface area (Å²) in [6.45, 7) is 3.99. The molecule has 0 unspecified atom stereocenters. The van der Waals surface area contributed by atoms with Crippen molar-refractivity contribution in [1.29, 1.82) is 0 Å². The van der Waals surface area contributed by atoms with E-state index in [-0.39, 0.29) is 16.8 Å². The molecule has 0 radical (unpaired) electrons. The van der Waals surface area contributed by atoms with Gasteiger partial charge in [-0.05, 0) is 72.3 Å². The van der Waals surface area contributed by atoms with E-state index in [1.165, 1.54) is 4.31 Å². The maximum Gasteiger partial charge on any atom is 0.251 e. The molecule has 2 aromatic carbocycles. The van der Waals surface area contributed by atoms with Gasteiger partial charge in [0.25, 0.3) is 5.91 Å². The van der Waals surface area contributed by atoms with Crippen LogP contribution in [0.5, 0.6) is 0 Å². The van der Waals surface area contributed by atoms with E-state index in [2.05, 4.69) is 27.9 Å². The Kier molecular flexibility index (Phi) is 6.59. The SMILES string of the molecule is CC(C)N(C)S(=O)(=O)c1ccc(CNC(=O)c2cccc(I)c2)cc1. The van der Waals surface area contributed by atoms with Crippen LogP contribution in [0.25, 0.3) is 0 Å². The molecule has 7 heteroatoms. The van der Waals surface area contributed by atoms with Gasteiger partial charge in [-0.25, -0.2) is 8.42 Å². The largest absolute Gasteiger partial charge is 0.348 e. The van der Waals surface area contributed by atoms with Crippen LogP contribution in [0.2, 0.25) is 0 Å². The summed E-state index contributed by atoms with van der Waals surface area (Å²) < 4.78 is 27.2. The van der Waals surface area contributed by atoms with Gasteiger partial charge in [0.2, 0.25) is 10.0 Å². The molecule has 2 aromatic rings. The fraction of sp³-hybridized carbons (Fsp3) is 0.278. The zero-order valence-corrected chi connectivity index (χ0v) is 17.3. The van der Waals surface area contributed by atoms with Crippen LogP contribution in [0.3, 0.4) is 0 Å². The van der Waals surface area contributed by atoms with Crippen molar-refractivity contribution in [2.45, 2.75) is 31.3 Å². The highest BCUT2D eigenvalue weighted by Crippen LogP contribution is 2.17. The summed E-state index contributed by atoms with van der Waals surface area (Å²) in [5, 5.41) is 2.84. The van der Waals surface area contributed by atoms with Crippen molar-refractivity contribution >= 4 is 38.5 Å². The van der Waals surface area contributed by atoms with E-state index in [0.29, 0.717) is 12.1 Å². The first-order valence-electron chi connectivity index (χ1n) is 7.82. The summed E-state index contributed by atoms with van der Waals surface area (Å²) in [5.41, 5.74) is 1.44. The van der Waals surface area contributed by atoms with Crippen LogP contribution in [0, 0.1) is 3.57 Å². The van der Waals surface area contributed by atoms with Crippen LogP contribution in [0.15, 0.2) is 53.4 Å². The van der Waals surface area contributed by atoms with E-state index in [1.807, 2.05) is 32.0 Å². The summed E-state index contributed by atoms with van der Waals surface area (Å²) >= 11 is 2.16. The van der Waals surface area contributed by atoms with E-state index >= 15 is 0 Å². The van der Waals surface area contributed by atoms with Gasteiger partial charge in [0.15, 0.2) is 0 Å². The number of nitrogens with zero attached hydrogens (tertiary/aromatic N) is 1. The van der Waals surface area contributed by atoms with E-state index in [0.717, 1.165) is 9.13 Å². The number of amides is 1. The number of benzene rings is 2. The van der Waals surface area contributed by atoms with E-state index in [4.69, 9.17) is 0 Å². The van der Waals surface area contributed by atoms with Gasteiger partial charge in [0.05, 0.1) is 4.90 Å². The zero-order chi connectivity index (χ0) is 18.6. The Bertz CT molecular complexity index is 849. The second-order valence-corrected chi connectivity index (χ2v) is 9.20. The van der Waals surface area contributed by atoms with Crippen molar-refractivity contribution in [1.82, 2.24) is 9.62 Å². The summed E-state index contributed by atoms with van der Waals surface area (Å²) in [5.74, 6) is -0.158. The minimum atomic E-state index is -3.49. The number of carbonyl (C=O) groups excluding carboxylic acids is 1. The predicted octanol–water partition coefficient (Wildman–Crippen LogP) is 3.25. The zero-order valence-electron chi connectivity index (χ0n) is 14.4. The van der Waals surface area contributed by atoms with Crippen LogP contribution >= 0.6 is 22.6 Å². The molecular formula is C18H21IN2O3S. The molecule has 5 nitrogen and oxygen atoms in total. The van der Waals surface area contributed by atoms with E-state index < -0.39 is 10.0 Å². The Labute approximate surface area is 162 Å². The van der Waals surface area contributed by atoms with Gasteiger partial charge in [-0.15, -0.1) is 0 Å². The molecule has 1 amide bonds. The first-order valence-corrected chi connectivity index (χ1v) is 10.3. The average molecular weight is 472 g/mol. The lowest BCUT2D eigenvalue weighted by molar-refractivity contribution is 0.0951. The Balaban J connectivity index is 2.05. The molecule has 2 rings (SSSR count). The number of carbonyl (C=O) groups is 1. The number of hydrogen-bond donors (Lipinski definition) is 1. The average Bonchev–Trinajstić information content (AvgIpc) is 2.59. The van der Waals surface area contributed by atoms with Gasteiger partial charge in [0.1, 0.15) is 0 Å². The molecule has 0 atom stereocenters. The Hall–Kier alpha value is -1.45. The van der Waals surface area contributed by atoms with E-state index in [1.54, 1.807) is 37.4 Å². The molecule has 25 heavy (non-hydrogen) atoms. The van der Waals surface area contributed by atoms with Crippen LogP contribution in [0.1, 0.15) is 29.8 Å². The fourth-order valence-corrected chi connectivity index (χ4v) is 4.05. The van der Waals surface area contributed by atoms with Gasteiger partial charge >= 0.3 is 0 Å². The first kappa shape index (κ1) is 19.9. The summed E-state index contributed by atoms with van der Waals surface area (Å²) in [6.07, 6.45) is 0. The number of rotatable bonds is 6. The molecule has 0 aliphatic carbocycles. The third-order valence-electron chi connectivity index (χ3n) is 3.87. The van der Waals surface area contributed by atoms with Crippen LogP contribution < -0.4 is 5.32 Å². The Morgan fingerprint density at radius 3 is 2.36 bits per heavy atom. The summed E-state index contributed by atoms with van der Waals surface area (Å²) in [4.78, 5) is 12.4. The van der Waals surface area contributed by atoms with Crippen LogP contribution in [-0.4, -0.2) is 31.7 Å². The van der Waals surface area contributed by atoms with Crippen molar-refractivity contribution in [2.24, 2.45) is 0 Å². The van der Waals surface area contributed by atoms with Gasteiger partial charge in [-0.3, -0.25) is 4.79 Å². The number of sulfonamides is 1. The standard InChI is InChI=1S/C18H21IN2O3S/c1-13(2)21(3)25(23,24)17-9-7-14(8-10-17)12-20-18(22)15-5-4-6-16(19)11-15/h4-11,13H,12H2,1-3H3,(H,20,22). The summed E-state index contributed by atoms with van der Waals surface area (Å²) in [6, 6.07) is 13.8. The molecule has 0 aromatic heterocycles. The topological polar surface area (TPSA) is 66.5 Å². The normalized spacial score (nSPS) is 11.8. The third-order valence-corrected chi connectivity index (χ3v) is 6.59. The maximum atomic E-state index is 12.4. The van der Waals surface area contributed by atoms with Gasteiger partial charge in [-0.1, -0.05) is 18.2 Å². The number of nitrogens with one attached hydrogen (secondary N) is 1. The van der Waals surface area contributed by atoms with Crippen molar-refractivity contribution in [3.63, 3.8) is 0 Å². The molecule has 0 bridgehead atoms. The Morgan fingerprint density at radius 2 is 1.80 bits per heavy atom. The van der Waals surface area contributed by atoms with Crippen molar-refractivity contribution in [3.05, 3.63) is 63.2 Å². The van der Waals surface area contributed by atoms with Crippen molar-refractivity contribution in [3.8, 4) is 0 Å². The van der Waals surface area contributed by atoms with Gasteiger partial charge in [-0.2, -0.15) is 4.31 Å². The minimum absolute atomic E-state index is 0.113. The summed E-state index contributed by atoms with van der Waals surface area (Å²) in [7, 11) is -1.92. The molecule has 0 heterocycles. The molecular weight excluding hydrogens is 451 g/mol.